The summed E-state index contributed by atoms with van der Waals surface area (Å²) in [7, 11) is 0. The summed E-state index contributed by atoms with van der Waals surface area (Å²) in [5.74, 6) is 0.964. The number of carbonyl (C=O) groups is 1. The van der Waals surface area contributed by atoms with Crippen molar-refractivity contribution < 1.29 is 4.79 Å². The van der Waals surface area contributed by atoms with Crippen molar-refractivity contribution in [3.05, 3.63) is 28.4 Å². The van der Waals surface area contributed by atoms with Crippen molar-refractivity contribution in [2.24, 2.45) is 5.92 Å². The summed E-state index contributed by atoms with van der Waals surface area (Å²) in [6.45, 7) is 2.28. The standard InChI is InChI=1S/C19H28N4O2/c24-18-11-17(15-5-6-15)20-13-23(18)12-14-7-9-22(10-8-14)19(25)21-16-3-1-2-4-16/h11,13-16H,1-10,12H2,(H,21,25). The van der Waals surface area contributed by atoms with Gasteiger partial charge in [-0.1, -0.05) is 12.8 Å². The normalized spacial score (nSPS) is 22.3. The van der Waals surface area contributed by atoms with Crippen molar-refractivity contribution in [2.75, 3.05) is 13.1 Å². The number of nitrogens with one attached hydrogen (secondary N) is 1. The van der Waals surface area contributed by atoms with Gasteiger partial charge in [0, 0.05) is 37.7 Å². The van der Waals surface area contributed by atoms with Gasteiger partial charge in [0.25, 0.3) is 5.56 Å². The molecule has 1 N–H and O–H groups in total. The van der Waals surface area contributed by atoms with Crippen molar-refractivity contribution in [3.8, 4) is 0 Å². The van der Waals surface area contributed by atoms with Gasteiger partial charge in [0.1, 0.15) is 0 Å². The third-order valence-electron chi connectivity index (χ3n) is 5.94. The van der Waals surface area contributed by atoms with Gasteiger partial charge in [0.15, 0.2) is 0 Å². The monoisotopic (exact) mass is 344 g/mol. The van der Waals surface area contributed by atoms with Crippen LogP contribution in [-0.4, -0.2) is 39.6 Å². The maximum Gasteiger partial charge on any atom is 0.317 e. The van der Waals surface area contributed by atoms with Crippen LogP contribution in [0.15, 0.2) is 17.2 Å². The van der Waals surface area contributed by atoms with Crippen LogP contribution < -0.4 is 10.9 Å². The molecule has 0 bridgehead atoms. The molecule has 0 radical (unpaired) electrons. The van der Waals surface area contributed by atoms with E-state index in [1.165, 1.54) is 12.8 Å². The van der Waals surface area contributed by atoms with E-state index in [9.17, 15) is 9.59 Å². The fourth-order valence-electron chi connectivity index (χ4n) is 4.11. The van der Waals surface area contributed by atoms with Gasteiger partial charge in [0.2, 0.25) is 0 Å². The van der Waals surface area contributed by atoms with E-state index in [1.807, 2.05) is 4.90 Å². The summed E-state index contributed by atoms with van der Waals surface area (Å²) in [5, 5.41) is 3.17. The van der Waals surface area contributed by atoms with Gasteiger partial charge in [-0.15, -0.1) is 0 Å². The van der Waals surface area contributed by atoms with Crippen LogP contribution in [0.3, 0.4) is 0 Å². The Bertz CT molecular complexity index is 668. The number of urea groups is 1. The molecule has 2 aliphatic carbocycles. The lowest BCUT2D eigenvalue weighted by Gasteiger charge is -2.33. The summed E-state index contributed by atoms with van der Waals surface area (Å²) >= 11 is 0. The molecule has 2 amide bonds. The fraction of sp³-hybridized carbons (Fsp3) is 0.737. The van der Waals surface area contributed by atoms with Gasteiger partial charge in [-0.3, -0.25) is 9.36 Å². The Kier molecular flexibility index (Phi) is 4.77. The number of rotatable bonds is 4. The molecule has 6 nitrogen and oxygen atoms in total. The Morgan fingerprint density at radius 2 is 1.84 bits per heavy atom. The van der Waals surface area contributed by atoms with E-state index in [2.05, 4.69) is 10.3 Å². The van der Waals surface area contributed by atoms with Gasteiger partial charge >= 0.3 is 6.03 Å². The topological polar surface area (TPSA) is 67.2 Å². The lowest BCUT2D eigenvalue weighted by molar-refractivity contribution is 0.162. The highest BCUT2D eigenvalue weighted by Gasteiger charge is 2.27. The molecule has 0 aromatic carbocycles. The van der Waals surface area contributed by atoms with E-state index in [0.717, 1.165) is 63.9 Å². The van der Waals surface area contributed by atoms with Crippen LogP contribution in [-0.2, 0) is 6.54 Å². The number of amides is 2. The Labute approximate surface area is 148 Å². The Hall–Kier alpha value is -1.85. The van der Waals surface area contributed by atoms with Crippen LogP contribution in [0, 0.1) is 5.92 Å². The zero-order valence-corrected chi connectivity index (χ0v) is 14.8. The maximum atomic E-state index is 12.3. The summed E-state index contributed by atoms with van der Waals surface area (Å²) in [6.07, 6.45) is 10.7. The van der Waals surface area contributed by atoms with Crippen molar-refractivity contribution >= 4 is 6.03 Å². The van der Waals surface area contributed by atoms with Crippen LogP contribution >= 0.6 is 0 Å². The molecule has 1 aliphatic heterocycles. The van der Waals surface area contributed by atoms with Gasteiger partial charge in [0.05, 0.1) is 12.0 Å². The second-order valence-electron chi connectivity index (χ2n) is 7.94. The summed E-state index contributed by atoms with van der Waals surface area (Å²) in [5.41, 5.74) is 1.03. The number of nitrogens with zero attached hydrogens (tertiary/aromatic N) is 3. The Morgan fingerprint density at radius 3 is 2.48 bits per heavy atom. The molecule has 2 saturated carbocycles. The van der Waals surface area contributed by atoms with Crippen LogP contribution in [0.25, 0.3) is 0 Å². The molecule has 1 aromatic rings. The lowest BCUT2D eigenvalue weighted by atomic mass is 9.97. The Balaban J connectivity index is 1.27. The molecule has 0 unspecified atom stereocenters. The first-order valence-corrected chi connectivity index (χ1v) is 9.81. The van der Waals surface area contributed by atoms with Gasteiger partial charge in [-0.05, 0) is 44.4 Å². The molecule has 0 atom stereocenters. The van der Waals surface area contributed by atoms with Gasteiger partial charge < -0.3 is 10.2 Å². The quantitative estimate of drug-likeness (QED) is 0.912. The SMILES string of the molecule is O=C(NC1CCCC1)N1CCC(Cn2cnc(C3CC3)cc2=O)CC1. The highest BCUT2D eigenvalue weighted by Crippen LogP contribution is 2.38. The molecule has 3 aliphatic rings. The molecule has 3 fully saturated rings. The molecule has 25 heavy (non-hydrogen) atoms. The molecular formula is C19H28N4O2. The number of likely N-dealkylation sites (tertiary alicyclic amines) is 1. The molecule has 0 spiro atoms. The lowest BCUT2D eigenvalue weighted by Crippen LogP contribution is -2.47. The number of aromatic nitrogens is 2. The van der Waals surface area contributed by atoms with Crippen molar-refractivity contribution in [1.82, 2.24) is 19.8 Å². The number of carbonyl (C=O) groups excluding carboxylic acids is 1. The molecule has 1 saturated heterocycles. The Morgan fingerprint density at radius 1 is 1.12 bits per heavy atom. The molecule has 4 rings (SSSR count). The van der Waals surface area contributed by atoms with E-state index < -0.39 is 0 Å². The van der Waals surface area contributed by atoms with Crippen molar-refractivity contribution in [2.45, 2.75) is 69.9 Å². The average molecular weight is 344 g/mol. The molecule has 1 aromatic heterocycles. The third-order valence-corrected chi connectivity index (χ3v) is 5.94. The average Bonchev–Trinajstić information content (AvgIpc) is 3.35. The third kappa shape index (κ3) is 4.05. The smallest absolute Gasteiger partial charge is 0.317 e. The second-order valence-corrected chi connectivity index (χ2v) is 7.94. The molecule has 2 heterocycles. The maximum absolute atomic E-state index is 12.3. The summed E-state index contributed by atoms with van der Waals surface area (Å²) in [6, 6.07) is 2.18. The first kappa shape index (κ1) is 16.6. The minimum Gasteiger partial charge on any atom is -0.335 e. The van der Waals surface area contributed by atoms with Crippen LogP contribution in [0.1, 0.15) is 63.0 Å². The number of hydrogen-bond acceptors (Lipinski definition) is 3. The van der Waals surface area contributed by atoms with E-state index in [-0.39, 0.29) is 11.6 Å². The second kappa shape index (κ2) is 7.18. The first-order chi connectivity index (χ1) is 12.2. The van der Waals surface area contributed by atoms with Gasteiger partial charge in [-0.25, -0.2) is 9.78 Å². The van der Waals surface area contributed by atoms with Crippen molar-refractivity contribution in [1.29, 1.82) is 0 Å². The fourth-order valence-corrected chi connectivity index (χ4v) is 4.11. The van der Waals surface area contributed by atoms with E-state index in [1.54, 1.807) is 17.0 Å². The predicted molar refractivity (Wildman–Crippen MR) is 95.6 cm³/mol. The molecule has 136 valence electrons. The zero-order chi connectivity index (χ0) is 17.2. The van der Waals surface area contributed by atoms with Crippen LogP contribution in [0.4, 0.5) is 4.79 Å². The minimum absolute atomic E-state index is 0.0679. The van der Waals surface area contributed by atoms with E-state index in [4.69, 9.17) is 0 Å². The van der Waals surface area contributed by atoms with E-state index in [0.29, 0.717) is 17.9 Å². The molecular weight excluding hydrogens is 316 g/mol. The largest absolute Gasteiger partial charge is 0.335 e. The summed E-state index contributed by atoms with van der Waals surface area (Å²) in [4.78, 5) is 31.0. The van der Waals surface area contributed by atoms with Crippen molar-refractivity contribution in [3.63, 3.8) is 0 Å². The number of hydrogen-bond donors (Lipinski definition) is 1. The highest BCUT2D eigenvalue weighted by atomic mass is 16.2. The van der Waals surface area contributed by atoms with Crippen LogP contribution in [0.5, 0.6) is 0 Å². The van der Waals surface area contributed by atoms with Crippen LogP contribution in [0.2, 0.25) is 0 Å². The zero-order valence-electron chi connectivity index (χ0n) is 14.8. The van der Waals surface area contributed by atoms with E-state index >= 15 is 0 Å². The van der Waals surface area contributed by atoms with Gasteiger partial charge in [-0.2, -0.15) is 0 Å². The minimum atomic E-state index is 0.0679. The molecule has 6 heteroatoms. The predicted octanol–water partition coefficient (Wildman–Crippen LogP) is 2.48. The summed E-state index contributed by atoms with van der Waals surface area (Å²) < 4.78 is 1.74. The number of piperidine rings is 1. The first-order valence-electron chi connectivity index (χ1n) is 9.81. The highest BCUT2D eigenvalue weighted by molar-refractivity contribution is 5.74.